The lowest BCUT2D eigenvalue weighted by Gasteiger charge is -2.06. The lowest BCUT2D eigenvalue weighted by molar-refractivity contribution is 0.103. The molecule has 0 atom stereocenters. The fraction of sp³-hybridized carbons (Fsp3) is 0. The monoisotopic (exact) mass is 266 g/mol. The van der Waals surface area contributed by atoms with E-state index in [0.717, 1.165) is 10.8 Å². The van der Waals surface area contributed by atoms with Gasteiger partial charge in [0.15, 0.2) is 5.78 Å². The molecule has 3 aromatic carbocycles. The van der Waals surface area contributed by atoms with Gasteiger partial charge in [0.2, 0.25) is 0 Å². The lowest BCUT2D eigenvalue weighted by Crippen LogP contribution is -2.01. The van der Waals surface area contributed by atoms with Gasteiger partial charge in [-0.25, -0.2) is 4.39 Å². The summed E-state index contributed by atoms with van der Waals surface area (Å²) in [5, 5.41) is 11.7. The quantitative estimate of drug-likeness (QED) is 0.714. The average Bonchev–Trinajstić information content (AvgIpc) is 2.46. The Morgan fingerprint density at radius 1 is 0.900 bits per heavy atom. The predicted octanol–water partition coefficient (Wildman–Crippen LogP) is 3.92. The van der Waals surface area contributed by atoms with E-state index in [1.54, 1.807) is 12.1 Å². The van der Waals surface area contributed by atoms with Crippen LogP contribution < -0.4 is 0 Å². The minimum atomic E-state index is -0.399. The van der Waals surface area contributed by atoms with Crippen molar-refractivity contribution in [2.24, 2.45) is 0 Å². The van der Waals surface area contributed by atoms with Crippen molar-refractivity contribution in [3.63, 3.8) is 0 Å². The second kappa shape index (κ2) is 4.78. The molecule has 3 aromatic rings. The Bertz CT molecular complexity index is 792. The number of phenolic OH excluding ortho intramolecular Hbond substituents is 1. The first-order chi connectivity index (χ1) is 9.65. The zero-order chi connectivity index (χ0) is 14.1. The smallest absolute Gasteiger partial charge is 0.196 e. The van der Waals surface area contributed by atoms with Crippen LogP contribution in [0.1, 0.15) is 15.9 Å². The number of fused-ring (bicyclic) bond motifs is 1. The van der Waals surface area contributed by atoms with Crippen LogP contribution in [0.2, 0.25) is 0 Å². The first-order valence-electron chi connectivity index (χ1n) is 6.17. The van der Waals surface area contributed by atoms with Gasteiger partial charge in [-0.1, -0.05) is 24.3 Å². The third-order valence-electron chi connectivity index (χ3n) is 3.22. The minimum Gasteiger partial charge on any atom is -0.507 e. The SMILES string of the molecule is O=C(c1ccc(F)cc1)c1cc2ccccc2cc1O. The van der Waals surface area contributed by atoms with Crippen LogP contribution in [-0.4, -0.2) is 10.9 Å². The van der Waals surface area contributed by atoms with Gasteiger partial charge in [0.25, 0.3) is 0 Å². The number of phenols is 1. The molecule has 2 nitrogen and oxygen atoms in total. The molecule has 0 aliphatic heterocycles. The van der Waals surface area contributed by atoms with Gasteiger partial charge in [0.1, 0.15) is 11.6 Å². The number of benzene rings is 3. The van der Waals surface area contributed by atoms with E-state index in [4.69, 9.17) is 0 Å². The van der Waals surface area contributed by atoms with Crippen molar-refractivity contribution in [2.45, 2.75) is 0 Å². The highest BCUT2D eigenvalue weighted by Crippen LogP contribution is 2.27. The largest absolute Gasteiger partial charge is 0.507 e. The first-order valence-corrected chi connectivity index (χ1v) is 6.17. The maximum Gasteiger partial charge on any atom is 0.196 e. The summed E-state index contributed by atoms with van der Waals surface area (Å²) in [6.45, 7) is 0. The van der Waals surface area contributed by atoms with Crippen molar-refractivity contribution in [2.75, 3.05) is 0 Å². The van der Waals surface area contributed by atoms with E-state index in [1.807, 2.05) is 24.3 Å². The third kappa shape index (κ3) is 2.14. The molecule has 0 unspecified atom stereocenters. The van der Waals surface area contributed by atoms with E-state index in [2.05, 4.69) is 0 Å². The molecule has 0 radical (unpaired) electrons. The standard InChI is InChI=1S/C17H11FO2/c18-14-7-5-11(6-8-14)17(20)15-9-12-3-1-2-4-13(12)10-16(15)19/h1-10,19H. The Balaban J connectivity index is 2.11. The van der Waals surface area contributed by atoms with Gasteiger partial charge < -0.3 is 5.11 Å². The van der Waals surface area contributed by atoms with Gasteiger partial charge in [0, 0.05) is 5.56 Å². The highest BCUT2D eigenvalue weighted by Gasteiger charge is 2.14. The molecule has 0 amide bonds. The number of carbonyl (C=O) groups is 1. The van der Waals surface area contributed by atoms with Gasteiger partial charge in [-0.15, -0.1) is 0 Å². The molecule has 0 saturated heterocycles. The maximum absolute atomic E-state index is 12.9. The molecular formula is C17H11FO2. The van der Waals surface area contributed by atoms with Crippen molar-refractivity contribution in [1.29, 1.82) is 0 Å². The van der Waals surface area contributed by atoms with Crippen LogP contribution in [0.4, 0.5) is 4.39 Å². The molecule has 0 bridgehead atoms. The highest BCUT2D eigenvalue weighted by molar-refractivity contribution is 6.12. The van der Waals surface area contributed by atoms with Gasteiger partial charge in [-0.05, 0) is 47.2 Å². The Hall–Kier alpha value is -2.68. The molecule has 0 aromatic heterocycles. The Kier molecular flexibility index (Phi) is 2.95. The predicted molar refractivity (Wildman–Crippen MR) is 75.4 cm³/mol. The lowest BCUT2D eigenvalue weighted by atomic mass is 9.99. The average molecular weight is 266 g/mol. The fourth-order valence-electron chi connectivity index (χ4n) is 2.17. The molecule has 0 saturated carbocycles. The van der Waals surface area contributed by atoms with Gasteiger partial charge >= 0.3 is 0 Å². The number of rotatable bonds is 2. The van der Waals surface area contributed by atoms with Crippen molar-refractivity contribution in [1.82, 2.24) is 0 Å². The van der Waals surface area contributed by atoms with E-state index >= 15 is 0 Å². The summed E-state index contributed by atoms with van der Waals surface area (Å²) < 4.78 is 12.9. The van der Waals surface area contributed by atoms with Crippen LogP contribution >= 0.6 is 0 Å². The molecule has 0 aliphatic carbocycles. The first kappa shape index (κ1) is 12.4. The number of hydrogen-bond acceptors (Lipinski definition) is 2. The van der Waals surface area contributed by atoms with Crippen LogP contribution in [0.3, 0.4) is 0 Å². The van der Waals surface area contributed by atoms with Crippen molar-refractivity contribution < 1.29 is 14.3 Å². The summed E-state index contributed by atoms with van der Waals surface area (Å²) in [5.74, 6) is -0.796. The van der Waals surface area contributed by atoms with Gasteiger partial charge in [-0.3, -0.25) is 4.79 Å². The van der Waals surface area contributed by atoms with Crippen LogP contribution in [0.15, 0.2) is 60.7 Å². The highest BCUT2D eigenvalue weighted by atomic mass is 19.1. The molecule has 0 heterocycles. The molecule has 1 N–H and O–H groups in total. The molecule has 0 fully saturated rings. The molecule has 0 spiro atoms. The van der Waals surface area contributed by atoms with Gasteiger partial charge in [-0.2, -0.15) is 0 Å². The molecule has 98 valence electrons. The summed E-state index contributed by atoms with van der Waals surface area (Å²) in [6, 6.07) is 15.9. The van der Waals surface area contributed by atoms with Crippen molar-refractivity contribution in [3.05, 3.63) is 77.6 Å². The zero-order valence-electron chi connectivity index (χ0n) is 10.5. The Morgan fingerprint density at radius 2 is 1.50 bits per heavy atom. The van der Waals surface area contributed by atoms with Crippen LogP contribution in [0.5, 0.6) is 5.75 Å². The topological polar surface area (TPSA) is 37.3 Å². The second-order valence-electron chi connectivity index (χ2n) is 4.55. The number of halogens is 1. The van der Waals surface area contributed by atoms with Gasteiger partial charge in [0.05, 0.1) is 5.56 Å². The summed E-state index contributed by atoms with van der Waals surface area (Å²) in [6.07, 6.45) is 0. The summed E-state index contributed by atoms with van der Waals surface area (Å²) in [7, 11) is 0. The third-order valence-corrected chi connectivity index (χ3v) is 3.22. The van der Waals surface area contributed by atoms with E-state index in [9.17, 15) is 14.3 Å². The molecule has 3 heteroatoms. The number of aromatic hydroxyl groups is 1. The van der Waals surface area contributed by atoms with Crippen LogP contribution in [-0.2, 0) is 0 Å². The molecule has 3 rings (SSSR count). The maximum atomic E-state index is 12.9. The molecular weight excluding hydrogens is 255 g/mol. The van der Waals surface area contributed by atoms with E-state index < -0.39 is 5.82 Å². The zero-order valence-corrected chi connectivity index (χ0v) is 10.5. The number of hydrogen-bond donors (Lipinski definition) is 1. The normalized spacial score (nSPS) is 10.7. The van der Waals surface area contributed by atoms with Crippen molar-refractivity contribution >= 4 is 16.6 Å². The molecule has 20 heavy (non-hydrogen) atoms. The van der Waals surface area contributed by atoms with Crippen molar-refractivity contribution in [3.8, 4) is 5.75 Å². The Morgan fingerprint density at radius 3 is 2.15 bits per heavy atom. The van der Waals surface area contributed by atoms with E-state index in [1.165, 1.54) is 24.3 Å². The minimum absolute atomic E-state index is 0.0713. The summed E-state index contributed by atoms with van der Waals surface area (Å²) >= 11 is 0. The van der Waals surface area contributed by atoms with E-state index in [-0.39, 0.29) is 17.1 Å². The Labute approximate surface area is 115 Å². The second-order valence-corrected chi connectivity index (χ2v) is 4.55. The van der Waals surface area contributed by atoms with Crippen LogP contribution in [0.25, 0.3) is 10.8 Å². The fourth-order valence-corrected chi connectivity index (χ4v) is 2.17. The summed E-state index contributed by atoms with van der Waals surface area (Å²) in [4.78, 5) is 12.3. The van der Waals surface area contributed by atoms with E-state index in [0.29, 0.717) is 5.56 Å². The summed E-state index contributed by atoms with van der Waals surface area (Å²) in [5.41, 5.74) is 0.562. The molecule has 0 aliphatic rings. The number of carbonyl (C=O) groups excluding carboxylic acids is 1. The number of ketones is 1. The van der Waals surface area contributed by atoms with Crippen LogP contribution in [0, 0.1) is 5.82 Å².